The Balaban J connectivity index is 2.04. The Morgan fingerprint density at radius 1 is 1.40 bits per heavy atom. The number of hydrogen-bond acceptors (Lipinski definition) is 3. The topological polar surface area (TPSA) is 36.3 Å². The van der Waals surface area contributed by atoms with E-state index in [2.05, 4.69) is 15.6 Å². The number of fused-ring (bicyclic) bond motifs is 1. The number of aromatic nitrogens is 2. The fraction of sp³-hybridized carbons (Fsp3) is 0.533. The number of nitrogens with zero attached hydrogens (tertiary/aromatic N) is 2. The molecule has 1 heterocycles. The molecular formula is C15H19ClN2O2. The smallest absolute Gasteiger partial charge is 0.147 e. The van der Waals surface area contributed by atoms with Crippen molar-refractivity contribution in [3.05, 3.63) is 24.0 Å². The predicted molar refractivity (Wildman–Crippen MR) is 79.5 cm³/mol. The zero-order chi connectivity index (χ0) is 14.1. The SMILES string of the molecule is CCOc1cccc2c1nc(CCl)n2C1CC(OC)C1. The quantitative estimate of drug-likeness (QED) is 0.792. The van der Waals surface area contributed by atoms with Crippen molar-refractivity contribution < 1.29 is 9.47 Å². The van der Waals surface area contributed by atoms with Crippen LogP contribution in [0.2, 0.25) is 0 Å². The van der Waals surface area contributed by atoms with E-state index in [1.807, 2.05) is 19.1 Å². The van der Waals surface area contributed by atoms with Crippen molar-refractivity contribution in [1.82, 2.24) is 9.55 Å². The van der Waals surface area contributed by atoms with E-state index in [0.29, 0.717) is 24.6 Å². The summed E-state index contributed by atoms with van der Waals surface area (Å²) in [5, 5.41) is 0. The summed E-state index contributed by atoms with van der Waals surface area (Å²) in [4.78, 5) is 4.67. The first-order chi connectivity index (χ1) is 9.78. The van der Waals surface area contributed by atoms with Gasteiger partial charge < -0.3 is 14.0 Å². The molecule has 1 saturated carbocycles. The number of halogens is 1. The number of hydrogen-bond donors (Lipinski definition) is 0. The van der Waals surface area contributed by atoms with Crippen LogP contribution in [0.4, 0.5) is 0 Å². The van der Waals surface area contributed by atoms with Crippen molar-refractivity contribution in [2.75, 3.05) is 13.7 Å². The van der Waals surface area contributed by atoms with Gasteiger partial charge in [-0.2, -0.15) is 0 Å². The van der Waals surface area contributed by atoms with Gasteiger partial charge in [-0.25, -0.2) is 4.98 Å². The number of ether oxygens (including phenoxy) is 2. The molecule has 0 atom stereocenters. The molecule has 0 N–H and O–H groups in total. The number of para-hydroxylation sites is 1. The van der Waals surface area contributed by atoms with Gasteiger partial charge in [-0.1, -0.05) is 6.07 Å². The molecule has 0 unspecified atom stereocenters. The van der Waals surface area contributed by atoms with Crippen LogP contribution >= 0.6 is 11.6 Å². The number of imidazole rings is 1. The molecule has 4 nitrogen and oxygen atoms in total. The Labute approximate surface area is 123 Å². The van der Waals surface area contributed by atoms with Crippen LogP contribution in [-0.2, 0) is 10.6 Å². The highest BCUT2D eigenvalue weighted by Crippen LogP contribution is 2.39. The van der Waals surface area contributed by atoms with Gasteiger partial charge in [0.15, 0.2) is 0 Å². The molecule has 1 aliphatic rings. The minimum atomic E-state index is 0.357. The Morgan fingerprint density at radius 3 is 2.85 bits per heavy atom. The molecule has 0 amide bonds. The van der Waals surface area contributed by atoms with Crippen LogP contribution in [0.3, 0.4) is 0 Å². The van der Waals surface area contributed by atoms with Gasteiger partial charge in [0.25, 0.3) is 0 Å². The highest BCUT2D eigenvalue weighted by molar-refractivity contribution is 6.16. The highest BCUT2D eigenvalue weighted by Gasteiger charge is 2.33. The first kappa shape index (κ1) is 13.7. The lowest BCUT2D eigenvalue weighted by Gasteiger charge is -2.36. The molecule has 0 spiro atoms. The summed E-state index contributed by atoms with van der Waals surface area (Å²) in [5.74, 6) is 2.15. The minimum Gasteiger partial charge on any atom is -0.492 e. The zero-order valence-corrected chi connectivity index (χ0v) is 12.6. The molecule has 108 valence electrons. The van der Waals surface area contributed by atoms with Gasteiger partial charge in [0.1, 0.15) is 17.1 Å². The van der Waals surface area contributed by atoms with Crippen molar-refractivity contribution in [3.63, 3.8) is 0 Å². The van der Waals surface area contributed by atoms with E-state index in [9.17, 15) is 0 Å². The number of methoxy groups -OCH3 is 1. The summed E-state index contributed by atoms with van der Waals surface area (Å²) in [6, 6.07) is 6.48. The lowest BCUT2D eigenvalue weighted by Crippen LogP contribution is -2.33. The molecule has 0 aliphatic heterocycles. The first-order valence-electron chi connectivity index (χ1n) is 6.99. The third-order valence-electron chi connectivity index (χ3n) is 3.94. The third-order valence-corrected chi connectivity index (χ3v) is 4.18. The Hall–Kier alpha value is -1.26. The fourth-order valence-corrected chi connectivity index (χ4v) is 3.04. The van der Waals surface area contributed by atoms with Crippen LogP contribution in [0.1, 0.15) is 31.6 Å². The molecule has 2 aromatic rings. The largest absolute Gasteiger partial charge is 0.492 e. The van der Waals surface area contributed by atoms with E-state index >= 15 is 0 Å². The maximum Gasteiger partial charge on any atom is 0.147 e. The monoisotopic (exact) mass is 294 g/mol. The zero-order valence-electron chi connectivity index (χ0n) is 11.8. The number of alkyl halides is 1. The summed E-state index contributed by atoms with van der Waals surface area (Å²) >= 11 is 6.07. The highest BCUT2D eigenvalue weighted by atomic mass is 35.5. The molecule has 0 bridgehead atoms. The lowest BCUT2D eigenvalue weighted by molar-refractivity contribution is 0.00675. The van der Waals surface area contributed by atoms with Gasteiger partial charge in [-0.15, -0.1) is 11.6 Å². The second kappa shape index (κ2) is 5.62. The standard InChI is InChI=1S/C15H19ClN2O2/c1-3-20-13-6-4-5-12-15(13)17-14(9-16)18(12)10-7-11(8-10)19-2/h4-6,10-11H,3,7-9H2,1-2H3. The van der Waals surface area contributed by atoms with Gasteiger partial charge in [-0.3, -0.25) is 0 Å². The van der Waals surface area contributed by atoms with E-state index in [-0.39, 0.29) is 0 Å². The molecule has 20 heavy (non-hydrogen) atoms. The maximum atomic E-state index is 6.07. The van der Waals surface area contributed by atoms with E-state index in [1.54, 1.807) is 7.11 Å². The number of benzene rings is 1. The van der Waals surface area contributed by atoms with Gasteiger partial charge >= 0.3 is 0 Å². The maximum absolute atomic E-state index is 6.07. The number of rotatable bonds is 5. The van der Waals surface area contributed by atoms with Crippen LogP contribution in [-0.4, -0.2) is 29.4 Å². The Bertz CT molecular complexity index is 605. The Kier molecular flexibility index (Phi) is 3.85. The van der Waals surface area contributed by atoms with Crippen LogP contribution in [0.15, 0.2) is 18.2 Å². The molecule has 0 radical (unpaired) electrons. The van der Waals surface area contributed by atoms with Crippen molar-refractivity contribution in [2.45, 2.75) is 37.8 Å². The van der Waals surface area contributed by atoms with E-state index < -0.39 is 0 Å². The first-order valence-corrected chi connectivity index (χ1v) is 7.53. The van der Waals surface area contributed by atoms with Crippen molar-refractivity contribution in [3.8, 4) is 5.75 Å². The predicted octanol–water partition coefficient (Wildman–Crippen LogP) is 3.52. The molecule has 1 aliphatic carbocycles. The van der Waals surface area contributed by atoms with E-state index in [4.69, 9.17) is 21.1 Å². The molecular weight excluding hydrogens is 276 g/mol. The Morgan fingerprint density at radius 2 is 2.20 bits per heavy atom. The van der Waals surface area contributed by atoms with Gasteiger partial charge in [0.05, 0.1) is 24.1 Å². The molecule has 3 rings (SSSR count). The van der Waals surface area contributed by atoms with Gasteiger partial charge in [0, 0.05) is 13.2 Å². The lowest BCUT2D eigenvalue weighted by atomic mass is 9.88. The fourth-order valence-electron chi connectivity index (χ4n) is 2.85. The van der Waals surface area contributed by atoms with Gasteiger partial charge in [0.2, 0.25) is 0 Å². The summed E-state index contributed by atoms with van der Waals surface area (Å²) in [6.07, 6.45) is 2.39. The van der Waals surface area contributed by atoms with E-state index in [0.717, 1.165) is 35.4 Å². The molecule has 1 aromatic heterocycles. The normalized spacial score (nSPS) is 21.9. The average Bonchev–Trinajstić information content (AvgIpc) is 2.78. The van der Waals surface area contributed by atoms with Crippen LogP contribution in [0, 0.1) is 0 Å². The van der Waals surface area contributed by atoms with Crippen LogP contribution < -0.4 is 4.74 Å². The van der Waals surface area contributed by atoms with Crippen molar-refractivity contribution in [2.24, 2.45) is 0 Å². The van der Waals surface area contributed by atoms with Gasteiger partial charge in [-0.05, 0) is 31.9 Å². The molecule has 0 saturated heterocycles. The minimum absolute atomic E-state index is 0.357. The van der Waals surface area contributed by atoms with Crippen molar-refractivity contribution >= 4 is 22.6 Å². The van der Waals surface area contributed by atoms with Crippen LogP contribution in [0.5, 0.6) is 5.75 Å². The summed E-state index contributed by atoms with van der Waals surface area (Å²) < 4.78 is 13.3. The third kappa shape index (κ3) is 2.17. The van der Waals surface area contributed by atoms with Crippen LogP contribution in [0.25, 0.3) is 11.0 Å². The molecule has 1 aromatic carbocycles. The molecule has 1 fully saturated rings. The summed E-state index contributed by atoms with van der Waals surface area (Å²) in [6.45, 7) is 2.62. The summed E-state index contributed by atoms with van der Waals surface area (Å²) in [5.41, 5.74) is 2.01. The van der Waals surface area contributed by atoms with Crippen molar-refractivity contribution in [1.29, 1.82) is 0 Å². The average molecular weight is 295 g/mol. The second-order valence-corrected chi connectivity index (χ2v) is 5.34. The second-order valence-electron chi connectivity index (χ2n) is 5.07. The van der Waals surface area contributed by atoms with E-state index in [1.165, 1.54) is 0 Å². The summed E-state index contributed by atoms with van der Waals surface area (Å²) in [7, 11) is 1.77. The molecule has 5 heteroatoms.